The molecule has 2 fully saturated rings. The minimum absolute atomic E-state index is 0.304. The van der Waals surface area contributed by atoms with Crippen molar-refractivity contribution in [2.75, 3.05) is 13.1 Å². The molecule has 6 heteroatoms. The van der Waals surface area contributed by atoms with Crippen molar-refractivity contribution in [3.63, 3.8) is 0 Å². The minimum Gasteiger partial charge on any atom is -0.622 e. The van der Waals surface area contributed by atoms with Gasteiger partial charge in [0.1, 0.15) is 0 Å². The second-order valence-electron chi connectivity index (χ2n) is 6.44. The zero-order valence-corrected chi connectivity index (χ0v) is 12.0. The third-order valence-electron chi connectivity index (χ3n) is 5.21. The number of oxime groups is 1. The molecule has 0 spiro atoms. The highest BCUT2D eigenvalue weighted by atomic mass is 16.5. The Morgan fingerprint density at radius 3 is 2.55 bits per heavy atom. The van der Waals surface area contributed by atoms with Crippen molar-refractivity contribution in [2.24, 2.45) is 5.16 Å². The molecule has 0 bridgehead atoms. The van der Waals surface area contributed by atoms with Crippen LogP contribution in [0.3, 0.4) is 0 Å². The van der Waals surface area contributed by atoms with Gasteiger partial charge >= 0.3 is 0 Å². The summed E-state index contributed by atoms with van der Waals surface area (Å²) in [5.41, 5.74) is -1.24. The third kappa shape index (κ3) is 1.78. The Bertz CT molecular complexity index is 470. The lowest BCUT2D eigenvalue weighted by Crippen LogP contribution is -2.54. The average Bonchev–Trinajstić information content (AvgIpc) is 2.68. The molecule has 20 heavy (non-hydrogen) atoms. The first-order valence-electron chi connectivity index (χ1n) is 7.55. The lowest BCUT2D eigenvalue weighted by Gasteiger charge is -2.38. The van der Waals surface area contributed by atoms with Crippen molar-refractivity contribution in [3.05, 3.63) is 5.21 Å². The van der Waals surface area contributed by atoms with Gasteiger partial charge in [-0.05, 0) is 25.7 Å². The molecule has 0 radical (unpaired) electrons. The van der Waals surface area contributed by atoms with Crippen LogP contribution in [-0.4, -0.2) is 55.7 Å². The quantitative estimate of drug-likeness (QED) is 0.328. The number of hydrogen-bond donors (Lipinski definition) is 2. The number of hydroxylamine groups is 1. The number of aliphatic hydroxyl groups is 1. The summed E-state index contributed by atoms with van der Waals surface area (Å²) in [7, 11) is 0. The van der Waals surface area contributed by atoms with Crippen LogP contribution in [0.4, 0.5) is 0 Å². The van der Waals surface area contributed by atoms with Gasteiger partial charge in [-0.3, -0.25) is 0 Å². The van der Waals surface area contributed by atoms with Crippen molar-refractivity contribution in [2.45, 2.75) is 63.1 Å². The molecule has 0 amide bonds. The summed E-state index contributed by atoms with van der Waals surface area (Å²) in [4.78, 5) is 2.18. The number of hydrogen-bond acceptors (Lipinski definition) is 5. The number of likely N-dealkylation sites (tertiary alicyclic amines) is 1. The van der Waals surface area contributed by atoms with Crippen LogP contribution in [0.15, 0.2) is 5.16 Å². The van der Waals surface area contributed by atoms with E-state index in [0.29, 0.717) is 30.7 Å². The fourth-order valence-electron chi connectivity index (χ4n) is 4.07. The van der Waals surface area contributed by atoms with Crippen molar-refractivity contribution in [3.8, 4) is 0 Å². The summed E-state index contributed by atoms with van der Waals surface area (Å²) >= 11 is 0. The monoisotopic (exact) mass is 281 g/mol. The second-order valence-corrected chi connectivity index (χ2v) is 6.44. The molecule has 2 N–H and O–H groups in total. The van der Waals surface area contributed by atoms with Gasteiger partial charge in [0.15, 0.2) is 5.60 Å². The van der Waals surface area contributed by atoms with Crippen LogP contribution in [0.1, 0.15) is 51.9 Å². The van der Waals surface area contributed by atoms with Crippen molar-refractivity contribution >= 4 is 11.4 Å². The highest BCUT2D eigenvalue weighted by molar-refractivity contribution is 6.15. The van der Waals surface area contributed by atoms with Crippen LogP contribution < -0.4 is 0 Å². The molecule has 0 aromatic carbocycles. The fourth-order valence-corrected chi connectivity index (χ4v) is 4.07. The molecule has 1 saturated carbocycles. The molecule has 6 nitrogen and oxygen atoms in total. The molecule has 1 aliphatic carbocycles. The lowest BCUT2D eigenvalue weighted by atomic mass is 9.78. The first-order chi connectivity index (χ1) is 9.52. The third-order valence-corrected chi connectivity index (χ3v) is 5.21. The van der Waals surface area contributed by atoms with Crippen LogP contribution in [-0.2, 0) is 0 Å². The molecule has 2 atom stereocenters. The Labute approximate surface area is 119 Å². The van der Waals surface area contributed by atoms with E-state index in [1.807, 2.05) is 6.92 Å². The van der Waals surface area contributed by atoms with Crippen LogP contribution in [0.25, 0.3) is 0 Å². The molecule has 0 aromatic rings. The summed E-state index contributed by atoms with van der Waals surface area (Å²) in [5, 5.41) is 36.1. The zero-order valence-electron chi connectivity index (χ0n) is 12.0. The summed E-state index contributed by atoms with van der Waals surface area (Å²) in [6, 6.07) is 0. The number of piperidine rings is 1. The van der Waals surface area contributed by atoms with E-state index in [0.717, 1.165) is 37.1 Å². The van der Waals surface area contributed by atoms with E-state index in [-0.39, 0.29) is 0 Å². The maximum Gasteiger partial charge on any atom is 0.230 e. The summed E-state index contributed by atoms with van der Waals surface area (Å²) in [5.74, 6) is 0. The maximum absolute atomic E-state index is 12.8. The van der Waals surface area contributed by atoms with E-state index in [9.17, 15) is 10.3 Å². The van der Waals surface area contributed by atoms with Gasteiger partial charge in [-0.15, -0.1) is 0 Å². The van der Waals surface area contributed by atoms with Gasteiger partial charge in [-0.1, -0.05) is 11.6 Å². The summed E-state index contributed by atoms with van der Waals surface area (Å²) in [6.45, 7) is 3.69. The Balaban J connectivity index is 1.98. The molecule has 0 unspecified atom stereocenters. The van der Waals surface area contributed by atoms with Crippen LogP contribution in [0.5, 0.6) is 0 Å². The highest BCUT2D eigenvalue weighted by Gasteiger charge is 2.62. The largest absolute Gasteiger partial charge is 0.622 e. The van der Waals surface area contributed by atoms with E-state index < -0.39 is 11.3 Å². The van der Waals surface area contributed by atoms with Crippen LogP contribution >= 0.6 is 0 Å². The topological polar surface area (TPSA) is 82.1 Å². The van der Waals surface area contributed by atoms with E-state index in [1.54, 1.807) is 0 Å². The summed E-state index contributed by atoms with van der Waals surface area (Å²) in [6.07, 6.45) is 5.60. The van der Waals surface area contributed by atoms with Crippen molar-refractivity contribution in [1.29, 1.82) is 0 Å². The molecule has 112 valence electrons. The first-order valence-corrected chi connectivity index (χ1v) is 7.55. The Hall–Kier alpha value is -1.14. The van der Waals surface area contributed by atoms with E-state index in [2.05, 4.69) is 10.1 Å². The standard InChI is InChI=1S/C14H23N3O3/c1-13(16-8-3-2-4-9-16)10-14(18)11(15-19)6-5-7-12(14)17(13)20/h18-19H,2-10H2,1H3/b15-11-/t13-,14-/m1/s1. The van der Waals surface area contributed by atoms with E-state index in [4.69, 9.17) is 5.21 Å². The highest BCUT2D eigenvalue weighted by Crippen LogP contribution is 2.41. The van der Waals surface area contributed by atoms with Gasteiger partial charge in [0.05, 0.1) is 12.1 Å². The van der Waals surface area contributed by atoms with Crippen molar-refractivity contribution in [1.82, 2.24) is 4.90 Å². The lowest BCUT2D eigenvalue weighted by molar-refractivity contribution is -0.571. The second kappa shape index (κ2) is 4.70. The fraction of sp³-hybridized carbons (Fsp3) is 0.857. The van der Waals surface area contributed by atoms with Gasteiger partial charge in [0, 0.05) is 26.4 Å². The maximum atomic E-state index is 12.8. The van der Waals surface area contributed by atoms with Gasteiger partial charge < -0.3 is 15.5 Å². The normalized spacial score (nSPS) is 41.2. The average molecular weight is 281 g/mol. The summed E-state index contributed by atoms with van der Waals surface area (Å²) < 4.78 is 1.00. The Morgan fingerprint density at radius 2 is 1.90 bits per heavy atom. The van der Waals surface area contributed by atoms with Crippen molar-refractivity contribution < 1.29 is 15.1 Å². The van der Waals surface area contributed by atoms with Gasteiger partial charge in [0.2, 0.25) is 11.4 Å². The molecule has 2 aliphatic heterocycles. The van der Waals surface area contributed by atoms with Crippen LogP contribution in [0, 0.1) is 5.21 Å². The first kappa shape index (κ1) is 13.8. The predicted octanol–water partition coefficient (Wildman–Crippen LogP) is 1.29. The van der Waals surface area contributed by atoms with E-state index >= 15 is 0 Å². The Morgan fingerprint density at radius 1 is 1.20 bits per heavy atom. The van der Waals surface area contributed by atoms with Crippen LogP contribution in [0.2, 0.25) is 0 Å². The molecule has 0 aromatic heterocycles. The SMILES string of the molecule is C[C@]1(N2CCCCC2)C[C@]2(O)C(=[N+]1[O-])CCC/C2=N/O. The minimum atomic E-state index is -1.35. The molecule has 1 saturated heterocycles. The smallest absolute Gasteiger partial charge is 0.230 e. The van der Waals surface area contributed by atoms with Gasteiger partial charge in [-0.25, -0.2) is 4.90 Å². The molecular formula is C14H23N3O3. The number of nitrogens with zero attached hydrogens (tertiary/aromatic N) is 3. The molecule has 3 aliphatic rings. The van der Waals surface area contributed by atoms with Gasteiger partial charge in [-0.2, -0.15) is 4.74 Å². The van der Waals surface area contributed by atoms with E-state index in [1.165, 1.54) is 6.42 Å². The number of rotatable bonds is 1. The molecule has 3 rings (SSSR count). The molecule has 2 heterocycles. The predicted molar refractivity (Wildman–Crippen MR) is 75.1 cm³/mol. The van der Waals surface area contributed by atoms with Gasteiger partial charge in [0.25, 0.3) is 0 Å². The molecular weight excluding hydrogens is 258 g/mol. The number of fused-ring (bicyclic) bond motifs is 1. The zero-order chi connectivity index (χ0) is 14.4. The Kier molecular flexibility index (Phi) is 3.25.